The number of amides is 1. The monoisotopic (exact) mass is 450 g/mol. The van der Waals surface area contributed by atoms with Crippen LogP contribution in [0.15, 0.2) is 48.6 Å². The van der Waals surface area contributed by atoms with Crippen LogP contribution in [-0.2, 0) is 0 Å². The van der Waals surface area contributed by atoms with Crippen LogP contribution in [0.5, 0.6) is 5.75 Å². The number of carbonyl (C=O) groups excluding carboxylic acids is 1. The smallest absolute Gasteiger partial charge is 0.270 e. The van der Waals surface area contributed by atoms with Crippen molar-refractivity contribution in [1.82, 2.24) is 10.2 Å². The van der Waals surface area contributed by atoms with Gasteiger partial charge in [0, 0.05) is 48.0 Å². The highest BCUT2D eigenvalue weighted by molar-refractivity contribution is 5.95. The topological polar surface area (TPSA) is 108 Å². The van der Waals surface area contributed by atoms with Crippen molar-refractivity contribution in [3.63, 3.8) is 0 Å². The zero-order chi connectivity index (χ0) is 23.5. The lowest BCUT2D eigenvalue weighted by molar-refractivity contribution is -0.385. The van der Waals surface area contributed by atoms with Gasteiger partial charge in [-0.25, -0.2) is 0 Å². The average molecular weight is 451 g/mol. The third-order valence-electron chi connectivity index (χ3n) is 6.79. The Morgan fingerprint density at radius 1 is 1.21 bits per heavy atom. The lowest BCUT2D eigenvalue weighted by Gasteiger charge is -2.37. The predicted molar refractivity (Wildman–Crippen MR) is 128 cm³/mol. The molecular formula is C25H30N4O4. The fourth-order valence-corrected chi connectivity index (χ4v) is 4.92. The molecule has 3 atom stereocenters. The number of benzene rings is 2. The molecule has 2 aromatic carbocycles. The summed E-state index contributed by atoms with van der Waals surface area (Å²) in [6.07, 6.45) is 5.02. The summed E-state index contributed by atoms with van der Waals surface area (Å²) in [4.78, 5) is 25.8. The van der Waals surface area contributed by atoms with Crippen molar-refractivity contribution in [2.45, 2.75) is 32.2 Å². The lowest BCUT2D eigenvalue weighted by Crippen LogP contribution is -2.35. The van der Waals surface area contributed by atoms with Crippen molar-refractivity contribution in [1.29, 1.82) is 0 Å². The Labute approximate surface area is 193 Å². The van der Waals surface area contributed by atoms with E-state index in [0.29, 0.717) is 17.7 Å². The van der Waals surface area contributed by atoms with Crippen molar-refractivity contribution in [3.8, 4) is 5.75 Å². The first-order valence-corrected chi connectivity index (χ1v) is 11.5. The summed E-state index contributed by atoms with van der Waals surface area (Å²) in [5, 5.41) is 28.2. The van der Waals surface area contributed by atoms with Crippen molar-refractivity contribution >= 4 is 17.3 Å². The normalized spacial score (nSPS) is 20.8. The summed E-state index contributed by atoms with van der Waals surface area (Å²) in [6.45, 7) is 7.52. The van der Waals surface area contributed by atoms with E-state index in [2.05, 4.69) is 41.5 Å². The highest BCUT2D eigenvalue weighted by Gasteiger charge is 2.39. The summed E-state index contributed by atoms with van der Waals surface area (Å²) < 4.78 is 0. The number of phenols is 1. The number of allylic oxidation sites excluding steroid dienone is 2. The van der Waals surface area contributed by atoms with E-state index in [1.165, 1.54) is 18.2 Å². The van der Waals surface area contributed by atoms with E-state index in [-0.39, 0.29) is 35.2 Å². The summed E-state index contributed by atoms with van der Waals surface area (Å²) in [5.41, 5.74) is 3.00. The molecule has 0 saturated carbocycles. The van der Waals surface area contributed by atoms with Gasteiger partial charge in [-0.1, -0.05) is 26.0 Å². The number of nitrogens with one attached hydrogen (secondary N) is 2. The van der Waals surface area contributed by atoms with Gasteiger partial charge in [-0.3, -0.25) is 14.9 Å². The van der Waals surface area contributed by atoms with Gasteiger partial charge in [-0.2, -0.15) is 0 Å². The third kappa shape index (κ3) is 4.57. The van der Waals surface area contributed by atoms with E-state index in [4.69, 9.17) is 0 Å². The molecule has 33 heavy (non-hydrogen) atoms. The SMILES string of the molecule is CCN(CC)CCNC(=O)c1ccc2c(c1)C1C=CCC1C(c1cc([N+](=O)[O-])ccc1O)N2. The number of phenolic OH excluding ortho intramolecular Hbond substituents is 1. The molecule has 0 saturated heterocycles. The van der Waals surface area contributed by atoms with Crippen LogP contribution in [0.3, 0.4) is 0 Å². The van der Waals surface area contributed by atoms with Gasteiger partial charge in [0.2, 0.25) is 0 Å². The number of nitro groups is 1. The largest absolute Gasteiger partial charge is 0.508 e. The minimum atomic E-state index is -0.449. The van der Waals surface area contributed by atoms with E-state index in [1.54, 1.807) is 6.07 Å². The lowest BCUT2D eigenvalue weighted by atomic mass is 9.76. The summed E-state index contributed by atoms with van der Waals surface area (Å²) in [6, 6.07) is 9.49. The van der Waals surface area contributed by atoms with Crippen molar-refractivity contribution < 1.29 is 14.8 Å². The third-order valence-corrected chi connectivity index (χ3v) is 6.79. The maximum atomic E-state index is 12.7. The van der Waals surface area contributed by atoms with Crippen molar-refractivity contribution in [2.24, 2.45) is 5.92 Å². The number of nitrogens with zero attached hydrogens (tertiary/aromatic N) is 2. The van der Waals surface area contributed by atoms with Crippen LogP contribution in [-0.4, -0.2) is 47.0 Å². The Bertz CT molecular complexity index is 1080. The van der Waals surface area contributed by atoms with Gasteiger partial charge < -0.3 is 20.6 Å². The number of anilines is 1. The Morgan fingerprint density at radius 3 is 2.73 bits per heavy atom. The van der Waals surface area contributed by atoms with E-state index in [0.717, 1.165) is 37.3 Å². The molecule has 1 heterocycles. The maximum Gasteiger partial charge on any atom is 0.270 e. The Kier molecular flexibility index (Phi) is 6.65. The number of aromatic hydroxyl groups is 1. The van der Waals surface area contributed by atoms with Gasteiger partial charge >= 0.3 is 0 Å². The number of hydrogen-bond acceptors (Lipinski definition) is 6. The summed E-state index contributed by atoms with van der Waals surface area (Å²) in [5.74, 6) is 0.0954. The molecule has 2 aliphatic rings. The molecule has 0 aromatic heterocycles. The number of likely N-dealkylation sites (N-methyl/N-ethyl adjacent to an activating group) is 1. The van der Waals surface area contributed by atoms with E-state index in [1.807, 2.05) is 12.1 Å². The Morgan fingerprint density at radius 2 is 2.00 bits per heavy atom. The highest BCUT2D eigenvalue weighted by Crippen LogP contribution is 2.51. The summed E-state index contributed by atoms with van der Waals surface area (Å²) in [7, 11) is 0. The number of carbonyl (C=O) groups is 1. The quantitative estimate of drug-likeness (QED) is 0.316. The highest BCUT2D eigenvalue weighted by atomic mass is 16.6. The maximum absolute atomic E-state index is 12.7. The first-order chi connectivity index (χ1) is 15.9. The minimum absolute atomic E-state index is 0.0383. The fraction of sp³-hybridized carbons (Fsp3) is 0.400. The van der Waals surface area contributed by atoms with Crippen LogP contribution in [0.25, 0.3) is 0 Å². The molecule has 174 valence electrons. The molecule has 4 rings (SSSR count). The van der Waals surface area contributed by atoms with Crippen LogP contribution in [0.4, 0.5) is 11.4 Å². The molecule has 1 aliphatic carbocycles. The van der Waals surface area contributed by atoms with E-state index < -0.39 is 4.92 Å². The minimum Gasteiger partial charge on any atom is -0.508 e. The average Bonchev–Trinajstić information content (AvgIpc) is 3.31. The number of hydrogen-bond donors (Lipinski definition) is 3. The standard InChI is InChI=1S/C25H30N4O4/c1-3-28(4-2)13-12-26-25(31)16-8-10-22-20(14-16)18-6-5-7-19(18)24(27-22)21-15-17(29(32)33)9-11-23(21)30/h5-6,8-11,14-15,18-19,24,27,30H,3-4,7,12-13H2,1-2H3,(H,26,31). The van der Waals surface area contributed by atoms with Crippen LogP contribution < -0.4 is 10.6 Å². The molecule has 0 fully saturated rings. The zero-order valence-corrected chi connectivity index (χ0v) is 19.0. The Balaban J connectivity index is 1.57. The number of fused-ring (bicyclic) bond motifs is 3. The zero-order valence-electron chi connectivity index (χ0n) is 19.0. The van der Waals surface area contributed by atoms with Gasteiger partial charge in [-0.15, -0.1) is 0 Å². The molecular weight excluding hydrogens is 420 g/mol. The second kappa shape index (κ2) is 9.62. The van der Waals surface area contributed by atoms with E-state index >= 15 is 0 Å². The van der Waals surface area contributed by atoms with Gasteiger partial charge in [-0.05, 0) is 55.3 Å². The summed E-state index contributed by atoms with van der Waals surface area (Å²) >= 11 is 0. The molecule has 0 spiro atoms. The number of nitro benzene ring substituents is 1. The fourth-order valence-electron chi connectivity index (χ4n) is 4.92. The number of rotatable bonds is 8. The van der Waals surface area contributed by atoms with Gasteiger partial charge in [0.05, 0.1) is 11.0 Å². The van der Waals surface area contributed by atoms with Gasteiger partial charge in [0.15, 0.2) is 0 Å². The van der Waals surface area contributed by atoms with Crippen LogP contribution >= 0.6 is 0 Å². The molecule has 1 amide bonds. The predicted octanol–water partition coefficient (Wildman–Crippen LogP) is 4.20. The van der Waals surface area contributed by atoms with Crippen LogP contribution in [0, 0.1) is 16.0 Å². The molecule has 8 nitrogen and oxygen atoms in total. The van der Waals surface area contributed by atoms with Crippen molar-refractivity contribution in [3.05, 3.63) is 75.4 Å². The number of non-ortho nitro benzene ring substituents is 1. The van der Waals surface area contributed by atoms with E-state index in [9.17, 15) is 20.0 Å². The first-order valence-electron chi connectivity index (χ1n) is 11.5. The van der Waals surface area contributed by atoms with Gasteiger partial charge in [0.1, 0.15) is 5.75 Å². The van der Waals surface area contributed by atoms with Crippen molar-refractivity contribution in [2.75, 3.05) is 31.5 Å². The molecule has 8 heteroatoms. The molecule has 0 radical (unpaired) electrons. The molecule has 2 aromatic rings. The second-order valence-corrected chi connectivity index (χ2v) is 8.56. The van der Waals surface area contributed by atoms with Crippen LogP contribution in [0.1, 0.15) is 53.7 Å². The molecule has 3 N–H and O–H groups in total. The molecule has 0 bridgehead atoms. The van der Waals surface area contributed by atoms with Gasteiger partial charge in [0.25, 0.3) is 11.6 Å². The Hall–Kier alpha value is -3.39. The second-order valence-electron chi connectivity index (χ2n) is 8.56. The van der Waals surface area contributed by atoms with Crippen LogP contribution in [0.2, 0.25) is 0 Å². The molecule has 3 unspecified atom stereocenters. The molecule has 1 aliphatic heterocycles. The first kappa shape index (κ1) is 22.8.